The zero-order valence-corrected chi connectivity index (χ0v) is 9.26. The Morgan fingerprint density at radius 3 is 1.76 bits per heavy atom. The summed E-state index contributed by atoms with van der Waals surface area (Å²) in [5, 5.41) is 2.69. The minimum atomic E-state index is -1.84. The van der Waals surface area contributed by atoms with Crippen molar-refractivity contribution in [2.45, 2.75) is 26.3 Å². The molecule has 0 amide bonds. The topological polar surface area (TPSA) is 45.6 Å². The average molecular weight is 251 g/mol. The maximum Gasteiger partial charge on any atom is 0.254 e. The lowest BCUT2D eigenvalue weighted by molar-refractivity contribution is 0.394. The van der Waals surface area contributed by atoms with Crippen molar-refractivity contribution in [2.24, 2.45) is 5.29 Å². The van der Waals surface area contributed by atoms with Crippen LogP contribution in [0.5, 0.6) is 0 Å². The fraction of sp³-hybridized carbons (Fsp3) is 0.444. The van der Waals surface area contributed by atoms with Gasteiger partial charge in [0.25, 0.3) is 11.9 Å². The van der Waals surface area contributed by atoms with E-state index in [9.17, 15) is 22.5 Å². The molecule has 0 atom stereocenters. The summed E-state index contributed by atoms with van der Waals surface area (Å²) in [5.41, 5.74) is -2.35. The molecule has 17 heavy (non-hydrogen) atoms. The first-order chi connectivity index (χ1) is 7.70. The molecule has 0 radical (unpaired) electrons. The summed E-state index contributed by atoms with van der Waals surface area (Å²) in [6, 6.07) is 0. The molecule has 8 heteroatoms. The summed E-state index contributed by atoms with van der Waals surface area (Å²) in [4.78, 5) is 12.9. The molecule has 0 bridgehead atoms. The van der Waals surface area contributed by atoms with Crippen LogP contribution in [-0.4, -0.2) is 10.5 Å². The van der Waals surface area contributed by atoms with E-state index in [1.165, 1.54) is 20.8 Å². The van der Waals surface area contributed by atoms with Gasteiger partial charge in [-0.2, -0.15) is 22.5 Å². The van der Waals surface area contributed by atoms with Crippen molar-refractivity contribution in [3.63, 3.8) is 0 Å². The van der Waals surface area contributed by atoms with Gasteiger partial charge in [-0.15, -0.1) is 4.91 Å². The van der Waals surface area contributed by atoms with Gasteiger partial charge in [-0.25, -0.2) is 5.01 Å². The van der Waals surface area contributed by atoms with Crippen molar-refractivity contribution in [1.82, 2.24) is 4.98 Å². The second kappa shape index (κ2) is 4.27. The van der Waals surface area contributed by atoms with E-state index in [0.29, 0.717) is 5.01 Å². The number of aromatic nitrogens is 1. The van der Waals surface area contributed by atoms with Crippen LogP contribution >= 0.6 is 0 Å². The van der Waals surface area contributed by atoms with E-state index in [4.69, 9.17) is 0 Å². The van der Waals surface area contributed by atoms with Gasteiger partial charge >= 0.3 is 0 Å². The molecule has 4 nitrogen and oxygen atoms in total. The molecule has 0 spiro atoms. The molecule has 0 aliphatic rings. The smallest absolute Gasteiger partial charge is 0.218 e. The second-order valence-electron chi connectivity index (χ2n) is 4.23. The third kappa shape index (κ3) is 2.34. The maximum atomic E-state index is 13.3. The summed E-state index contributed by atoms with van der Waals surface area (Å²) < 4.78 is 52.3. The van der Waals surface area contributed by atoms with Crippen LogP contribution in [0, 0.1) is 28.4 Å². The van der Waals surface area contributed by atoms with Gasteiger partial charge in [0.15, 0.2) is 0 Å². The molecule has 0 aromatic carbocycles. The summed E-state index contributed by atoms with van der Waals surface area (Å²) >= 11 is 0. The minimum Gasteiger partial charge on any atom is -0.218 e. The summed E-state index contributed by atoms with van der Waals surface area (Å²) in [5.74, 6) is -7.20. The van der Waals surface area contributed by atoms with Gasteiger partial charge in [-0.1, -0.05) is 0 Å². The number of hydrogen-bond donors (Lipinski definition) is 0. The standard InChI is InChI=1S/C9H9F4N3O/c1-9(2,3)16(15-17)6-4(10)7(12)14-8(13)5(6)11/h1-3H3. The van der Waals surface area contributed by atoms with Crippen LogP contribution in [0.15, 0.2) is 5.29 Å². The first-order valence-corrected chi connectivity index (χ1v) is 4.53. The highest BCUT2D eigenvalue weighted by Gasteiger charge is 2.32. The fourth-order valence-corrected chi connectivity index (χ4v) is 1.16. The normalized spacial score (nSPS) is 11.5. The van der Waals surface area contributed by atoms with E-state index in [2.05, 4.69) is 10.3 Å². The Bertz CT molecular complexity index is 432. The molecule has 1 heterocycles. The number of anilines is 1. The second-order valence-corrected chi connectivity index (χ2v) is 4.23. The first kappa shape index (κ1) is 13.3. The van der Waals surface area contributed by atoms with Crippen molar-refractivity contribution in [2.75, 3.05) is 5.01 Å². The van der Waals surface area contributed by atoms with Gasteiger partial charge in [0, 0.05) is 0 Å². The van der Waals surface area contributed by atoms with Crippen molar-refractivity contribution in [3.8, 4) is 0 Å². The van der Waals surface area contributed by atoms with Crippen molar-refractivity contribution < 1.29 is 17.6 Å². The van der Waals surface area contributed by atoms with Gasteiger partial charge in [-0.3, -0.25) is 0 Å². The molecule has 0 saturated carbocycles. The number of halogens is 4. The number of nitroso groups, excluding NO2 is 1. The molecular weight excluding hydrogens is 242 g/mol. The summed E-state index contributed by atoms with van der Waals surface area (Å²) in [6.45, 7) is 4.18. The van der Waals surface area contributed by atoms with Crippen LogP contribution in [0.4, 0.5) is 23.2 Å². The van der Waals surface area contributed by atoms with Crippen LogP contribution < -0.4 is 5.01 Å². The summed E-state index contributed by atoms with van der Waals surface area (Å²) in [7, 11) is 0. The molecule has 94 valence electrons. The monoisotopic (exact) mass is 251 g/mol. The van der Waals surface area contributed by atoms with Crippen LogP contribution in [0.2, 0.25) is 0 Å². The zero-order chi connectivity index (χ0) is 13.4. The number of hydrogen-bond acceptors (Lipinski definition) is 3. The maximum absolute atomic E-state index is 13.3. The lowest BCUT2D eigenvalue weighted by atomic mass is 10.1. The first-order valence-electron chi connectivity index (χ1n) is 4.53. The van der Waals surface area contributed by atoms with Crippen LogP contribution in [0.25, 0.3) is 0 Å². The molecule has 1 aromatic rings. The molecule has 1 aromatic heterocycles. The molecule has 0 N–H and O–H groups in total. The zero-order valence-electron chi connectivity index (χ0n) is 9.26. The molecule has 0 aliphatic heterocycles. The number of pyridine rings is 1. The van der Waals surface area contributed by atoms with Gasteiger partial charge in [-0.05, 0) is 20.8 Å². The van der Waals surface area contributed by atoms with Crippen molar-refractivity contribution >= 4 is 5.69 Å². The quantitative estimate of drug-likeness (QED) is 0.351. The van der Waals surface area contributed by atoms with E-state index in [-0.39, 0.29) is 0 Å². The molecule has 0 unspecified atom stereocenters. The molecule has 0 aliphatic carbocycles. The molecule has 1 rings (SSSR count). The Balaban J connectivity index is 3.54. The van der Waals surface area contributed by atoms with E-state index in [1.54, 1.807) is 0 Å². The van der Waals surface area contributed by atoms with Gasteiger partial charge in [0.05, 0.1) is 10.8 Å². The highest BCUT2D eigenvalue weighted by atomic mass is 19.2. The minimum absolute atomic E-state index is 0.311. The Morgan fingerprint density at radius 2 is 1.47 bits per heavy atom. The molecule has 0 fully saturated rings. The predicted octanol–water partition coefficient (Wildman–Crippen LogP) is 2.92. The Labute approximate surface area is 94.2 Å². The van der Waals surface area contributed by atoms with Gasteiger partial charge < -0.3 is 0 Å². The fourth-order valence-electron chi connectivity index (χ4n) is 1.16. The molecular formula is C9H9F4N3O. The Kier molecular flexibility index (Phi) is 3.35. The lowest BCUT2D eigenvalue weighted by Crippen LogP contribution is -2.38. The largest absolute Gasteiger partial charge is 0.254 e. The summed E-state index contributed by atoms with van der Waals surface area (Å²) in [6.07, 6.45) is 0. The highest BCUT2D eigenvalue weighted by molar-refractivity contribution is 5.49. The Hall–Kier alpha value is -1.73. The van der Waals surface area contributed by atoms with E-state index < -0.39 is 34.8 Å². The third-order valence-electron chi connectivity index (χ3n) is 1.90. The van der Waals surface area contributed by atoms with E-state index >= 15 is 0 Å². The van der Waals surface area contributed by atoms with E-state index in [0.717, 1.165) is 0 Å². The van der Waals surface area contributed by atoms with Gasteiger partial charge in [0.1, 0.15) is 5.69 Å². The van der Waals surface area contributed by atoms with Crippen molar-refractivity contribution in [3.05, 3.63) is 28.4 Å². The van der Waals surface area contributed by atoms with Crippen molar-refractivity contribution in [1.29, 1.82) is 0 Å². The highest BCUT2D eigenvalue weighted by Crippen LogP contribution is 2.31. The third-order valence-corrected chi connectivity index (χ3v) is 1.90. The Morgan fingerprint density at radius 1 is 1.06 bits per heavy atom. The van der Waals surface area contributed by atoms with Crippen LogP contribution in [-0.2, 0) is 0 Å². The van der Waals surface area contributed by atoms with Crippen LogP contribution in [0.3, 0.4) is 0 Å². The molecule has 0 saturated heterocycles. The predicted molar refractivity (Wildman–Crippen MR) is 52.1 cm³/mol. The number of nitrogens with zero attached hydrogens (tertiary/aromatic N) is 3. The SMILES string of the molecule is CC(C)(C)N(N=O)c1c(F)c(F)nc(F)c1F. The number of rotatable bonds is 2. The van der Waals surface area contributed by atoms with E-state index in [1.807, 2.05) is 0 Å². The average Bonchev–Trinajstić information content (AvgIpc) is 2.19. The van der Waals surface area contributed by atoms with Crippen LogP contribution in [0.1, 0.15) is 20.8 Å². The van der Waals surface area contributed by atoms with Gasteiger partial charge in [0.2, 0.25) is 11.6 Å². The lowest BCUT2D eigenvalue weighted by Gasteiger charge is -2.29.